The molecule has 6 nitrogen and oxygen atoms in total. The van der Waals surface area contributed by atoms with Crippen molar-refractivity contribution in [2.75, 3.05) is 25.3 Å². The van der Waals surface area contributed by atoms with E-state index in [9.17, 15) is 4.79 Å². The number of benzene rings is 2. The summed E-state index contributed by atoms with van der Waals surface area (Å²) in [6.07, 6.45) is 0.255. The molecule has 2 aromatic carbocycles. The average molecular weight is 313 g/mol. The molecule has 0 fully saturated rings. The molecule has 1 N–H and O–H groups in total. The van der Waals surface area contributed by atoms with Gasteiger partial charge in [0, 0.05) is 11.8 Å². The Morgan fingerprint density at radius 1 is 0.870 bits per heavy atom. The summed E-state index contributed by atoms with van der Waals surface area (Å²) in [7, 11) is 0. The van der Waals surface area contributed by atoms with Crippen LogP contribution in [0.15, 0.2) is 36.4 Å². The van der Waals surface area contributed by atoms with Gasteiger partial charge in [0.2, 0.25) is 12.7 Å². The molecule has 23 heavy (non-hydrogen) atoms. The van der Waals surface area contributed by atoms with Crippen LogP contribution in [0.1, 0.15) is 5.56 Å². The van der Waals surface area contributed by atoms with E-state index in [1.54, 1.807) is 18.2 Å². The van der Waals surface area contributed by atoms with Gasteiger partial charge < -0.3 is 24.3 Å². The Morgan fingerprint density at radius 3 is 2.48 bits per heavy atom. The van der Waals surface area contributed by atoms with E-state index in [0.29, 0.717) is 41.9 Å². The van der Waals surface area contributed by atoms with E-state index < -0.39 is 0 Å². The number of carbonyl (C=O) groups is 1. The second-order valence-corrected chi connectivity index (χ2v) is 5.27. The monoisotopic (exact) mass is 313 g/mol. The second-order valence-electron chi connectivity index (χ2n) is 5.27. The summed E-state index contributed by atoms with van der Waals surface area (Å²) in [5.74, 6) is 2.62. The van der Waals surface area contributed by atoms with Gasteiger partial charge in [-0.3, -0.25) is 4.79 Å². The number of rotatable bonds is 3. The number of fused-ring (bicyclic) bond motifs is 2. The van der Waals surface area contributed by atoms with Crippen molar-refractivity contribution in [1.82, 2.24) is 0 Å². The Bertz CT molecular complexity index is 759. The number of carbonyl (C=O) groups excluding carboxylic acids is 1. The maximum Gasteiger partial charge on any atom is 0.231 e. The summed E-state index contributed by atoms with van der Waals surface area (Å²) < 4.78 is 21.5. The first-order chi connectivity index (χ1) is 11.3. The lowest BCUT2D eigenvalue weighted by atomic mass is 10.1. The highest BCUT2D eigenvalue weighted by atomic mass is 16.7. The van der Waals surface area contributed by atoms with E-state index >= 15 is 0 Å². The molecule has 6 heteroatoms. The van der Waals surface area contributed by atoms with Crippen molar-refractivity contribution >= 4 is 11.6 Å². The maximum atomic E-state index is 12.2. The minimum absolute atomic E-state index is 0.111. The highest BCUT2D eigenvalue weighted by Crippen LogP contribution is 2.34. The Kier molecular flexibility index (Phi) is 3.42. The van der Waals surface area contributed by atoms with Gasteiger partial charge in [0.25, 0.3) is 0 Å². The van der Waals surface area contributed by atoms with E-state index in [4.69, 9.17) is 18.9 Å². The van der Waals surface area contributed by atoms with Crippen LogP contribution in [-0.4, -0.2) is 25.9 Å². The van der Waals surface area contributed by atoms with Gasteiger partial charge in [0.1, 0.15) is 13.2 Å². The Hall–Kier alpha value is -2.89. The van der Waals surface area contributed by atoms with Crippen LogP contribution >= 0.6 is 0 Å². The molecule has 1 amide bonds. The molecule has 0 unspecified atom stereocenters. The van der Waals surface area contributed by atoms with Crippen LogP contribution < -0.4 is 24.3 Å². The van der Waals surface area contributed by atoms with Crippen molar-refractivity contribution in [3.8, 4) is 23.0 Å². The summed E-state index contributed by atoms with van der Waals surface area (Å²) in [6.45, 7) is 1.28. The smallest absolute Gasteiger partial charge is 0.231 e. The molecule has 2 aliphatic heterocycles. The standard InChI is InChI=1S/C17H15NO5/c19-17(8-11-1-3-14-15(7-11)23-10-22-14)18-12-2-4-13-16(9-12)21-6-5-20-13/h1-4,7,9H,5-6,8,10H2,(H,18,19). The number of nitrogens with one attached hydrogen (secondary N) is 1. The topological polar surface area (TPSA) is 66.0 Å². The van der Waals surface area contributed by atoms with Crippen molar-refractivity contribution in [1.29, 1.82) is 0 Å². The molecule has 0 aliphatic carbocycles. The second kappa shape index (κ2) is 5.72. The molecule has 118 valence electrons. The largest absolute Gasteiger partial charge is 0.486 e. The predicted molar refractivity (Wildman–Crippen MR) is 82.3 cm³/mol. The highest BCUT2D eigenvalue weighted by molar-refractivity contribution is 5.92. The summed E-state index contributed by atoms with van der Waals surface area (Å²) in [4.78, 5) is 12.2. The lowest BCUT2D eigenvalue weighted by Crippen LogP contribution is -2.17. The number of amides is 1. The van der Waals surface area contributed by atoms with Crippen LogP contribution in [0, 0.1) is 0 Å². The van der Waals surface area contributed by atoms with Crippen LogP contribution in [0.5, 0.6) is 23.0 Å². The molecule has 4 rings (SSSR count). The van der Waals surface area contributed by atoms with E-state index in [-0.39, 0.29) is 19.1 Å². The van der Waals surface area contributed by atoms with Gasteiger partial charge in [0.05, 0.1) is 6.42 Å². The van der Waals surface area contributed by atoms with Crippen LogP contribution in [0.25, 0.3) is 0 Å². The van der Waals surface area contributed by atoms with Gasteiger partial charge in [-0.05, 0) is 29.8 Å². The maximum absolute atomic E-state index is 12.2. The van der Waals surface area contributed by atoms with Gasteiger partial charge in [-0.1, -0.05) is 6.07 Å². The fourth-order valence-corrected chi connectivity index (χ4v) is 2.56. The molecular formula is C17H15NO5. The van der Waals surface area contributed by atoms with Gasteiger partial charge in [-0.25, -0.2) is 0 Å². The van der Waals surface area contributed by atoms with Crippen LogP contribution in [0.4, 0.5) is 5.69 Å². The van der Waals surface area contributed by atoms with Crippen molar-refractivity contribution in [2.24, 2.45) is 0 Å². The van der Waals surface area contributed by atoms with Gasteiger partial charge >= 0.3 is 0 Å². The molecule has 0 atom stereocenters. The van der Waals surface area contributed by atoms with E-state index in [2.05, 4.69) is 5.32 Å². The third-order valence-electron chi connectivity index (χ3n) is 3.63. The molecule has 0 saturated carbocycles. The van der Waals surface area contributed by atoms with E-state index in [0.717, 1.165) is 5.56 Å². The van der Waals surface area contributed by atoms with Gasteiger partial charge in [-0.15, -0.1) is 0 Å². The summed E-state index contributed by atoms with van der Waals surface area (Å²) in [5, 5.41) is 2.86. The quantitative estimate of drug-likeness (QED) is 0.942. The molecule has 0 radical (unpaired) electrons. The SMILES string of the molecule is O=C(Cc1ccc2c(c1)OCO2)Nc1ccc2c(c1)OCCO2. The third kappa shape index (κ3) is 2.88. The third-order valence-corrected chi connectivity index (χ3v) is 3.63. The lowest BCUT2D eigenvalue weighted by Gasteiger charge is -2.19. The molecule has 2 aromatic rings. The Morgan fingerprint density at radius 2 is 1.57 bits per heavy atom. The zero-order valence-electron chi connectivity index (χ0n) is 12.3. The predicted octanol–water partition coefficient (Wildman–Crippen LogP) is 2.37. The van der Waals surface area contributed by atoms with Crippen molar-refractivity contribution in [3.05, 3.63) is 42.0 Å². The minimum Gasteiger partial charge on any atom is -0.486 e. The first-order valence-electron chi connectivity index (χ1n) is 7.36. The summed E-state index contributed by atoms with van der Waals surface area (Å²) in [6, 6.07) is 10.9. The zero-order chi connectivity index (χ0) is 15.6. The molecule has 0 bridgehead atoms. The zero-order valence-corrected chi connectivity index (χ0v) is 12.3. The van der Waals surface area contributed by atoms with Crippen molar-refractivity contribution < 1.29 is 23.7 Å². The minimum atomic E-state index is -0.111. The molecule has 0 aromatic heterocycles. The summed E-state index contributed by atoms with van der Waals surface area (Å²) >= 11 is 0. The van der Waals surface area contributed by atoms with Crippen LogP contribution in [0.3, 0.4) is 0 Å². The highest BCUT2D eigenvalue weighted by Gasteiger charge is 2.16. The Balaban J connectivity index is 1.44. The normalized spacial score (nSPS) is 14.4. The van der Waals surface area contributed by atoms with Gasteiger partial charge in [-0.2, -0.15) is 0 Å². The summed E-state index contributed by atoms with van der Waals surface area (Å²) in [5.41, 5.74) is 1.55. The number of hydrogen-bond donors (Lipinski definition) is 1. The van der Waals surface area contributed by atoms with Crippen LogP contribution in [-0.2, 0) is 11.2 Å². The molecule has 2 aliphatic rings. The van der Waals surface area contributed by atoms with E-state index in [1.165, 1.54) is 0 Å². The van der Waals surface area contributed by atoms with Crippen molar-refractivity contribution in [3.63, 3.8) is 0 Å². The van der Waals surface area contributed by atoms with Gasteiger partial charge in [0.15, 0.2) is 23.0 Å². The van der Waals surface area contributed by atoms with Crippen molar-refractivity contribution in [2.45, 2.75) is 6.42 Å². The molecule has 0 spiro atoms. The number of ether oxygens (including phenoxy) is 4. The number of anilines is 1. The van der Waals surface area contributed by atoms with E-state index in [1.807, 2.05) is 18.2 Å². The molecular weight excluding hydrogens is 298 g/mol. The lowest BCUT2D eigenvalue weighted by molar-refractivity contribution is -0.115. The molecule has 2 heterocycles. The molecule has 0 saturated heterocycles. The first-order valence-corrected chi connectivity index (χ1v) is 7.36. The van der Waals surface area contributed by atoms with Crippen LogP contribution in [0.2, 0.25) is 0 Å². The fraction of sp³-hybridized carbons (Fsp3) is 0.235. The Labute approximate surface area is 132 Å². The first kappa shape index (κ1) is 13.8. The average Bonchev–Trinajstić information content (AvgIpc) is 3.02. The number of hydrogen-bond acceptors (Lipinski definition) is 5. The fourth-order valence-electron chi connectivity index (χ4n) is 2.56.